The number of likely N-dealkylation sites (tertiary alicyclic amines) is 1. The van der Waals surface area contributed by atoms with Gasteiger partial charge in [-0.15, -0.1) is 11.3 Å². The van der Waals surface area contributed by atoms with Crippen LogP contribution in [0.2, 0.25) is 5.28 Å². The summed E-state index contributed by atoms with van der Waals surface area (Å²) in [6.07, 6.45) is 1.35. The summed E-state index contributed by atoms with van der Waals surface area (Å²) < 4.78 is 0. The smallest absolute Gasteiger partial charge is 0.245 e. The molecule has 0 atom stereocenters. The van der Waals surface area contributed by atoms with Gasteiger partial charge < -0.3 is 10.2 Å². The van der Waals surface area contributed by atoms with Crippen molar-refractivity contribution < 1.29 is 4.79 Å². The number of halogens is 1. The second-order valence-corrected chi connectivity index (χ2v) is 5.91. The van der Waals surface area contributed by atoms with Crippen LogP contribution in [0.1, 0.15) is 0 Å². The number of nitrogens with one attached hydrogen (secondary N) is 1. The molecule has 0 radical (unpaired) electrons. The highest BCUT2D eigenvalue weighted by Gasteiger charge is 2.29. The third-order valence-electron chi connectivity index (χ3n) is 3.30. The molecule has 2 aromatic rings. The molecule has 0 spiro atoms. The van der Waals surface area contributed by atoms with E-state index in [4.69, 9.17) is 11.6 Å². The fourth-order valence-corrected chi connectivity index (χ4v) is 3.20. The van der Waals surface area contributed by atoms with E-state index in [1.807, 2.05) is 11.4 Å². The SMILES string of the molecule is C=CC(=O)N1CC(CNc2nc(Cl)nc3sccc23)C1. The molecule has 0 bridgehead atoms. The molecule has 20 heavy (non-hydrogen) atoms. The van der Waals surface area contributed by atoms with Gasteiger partial charge in [0.25, 0.3) is 0 Å². The first-order valence-electron chi connectivity index (χ1n) is 6.23. The zero-order chi connectivity index (χ0) is 14.1. The summed E-state index contributed by atoms with van der Waals surface area (Å²) in [4.78, 5) is 22.4. The maximum absolute atomic E-state index is 11.3. The third-order valence-corrected chi connectivity index (χ3v) is 4.28. The Morgan fingerprint density at radius 2 is 2.40 bits per heavy atom. The number of carbonyl (C=O) groups excluding carboxylic acids is 1. The largest absolute Gasteiger partial charge is 0.369 e. The van der Waals surface area contributed by atoms with Crippen LogP contribution in [0.4, 0.5) is 5.82 Å². The van der Waals surface area contributed by atoms with E-state index in [0.717, 1.165) is 35.7 Å². The molecule has 2 aromatic heterocycles. The van der Waals surface area contributed by atoms with Gasteiger partial charge in [-0.05, 0) is 29.1 Å². The molecule has 1 saturated heterocycles. The highest BCUT2D eigenvalue weighted by Crippen LogP contribution is 2.27. The summed E-state index contributed by atoms with van der Waals surface area (Å²) in [5.41, 5.74) is 0. The van der Waals surface area contributed by atoms with E-state index in [1.165, 1.54) is 17.4 Å². The van der Waals surface area contributed by atoms with Gasteiger partial charge in [0.05, 0.1) is 5.39 Å². The Morgan fingerprint density at radius 3 is 3.15 bits per heavy atom. The number of fused-ring (bicyclic) bond motifs is 1. The number of rotatable bonds is 4. The second-order valence-electron chi connectivity index (χ2n) is 4.67. The van der Waals surface area contributed by atoms with Crippen LogP contribution in [-0.2, 0) is 4.79 Å². The molecule has 3 rings (SSSR count). The highest BCUT2D eigenvalue weighted by atomic mass is 35.5. The van der Waals surface area contributed by atoms with Gasteiger partial charge in [-0.3, -0.25) is 4.79 Å². The summed E-state index contributed by atoms with van der Waals surface area (Å²) in [7, 11) is 0. The third kappa shape index (κ3) is 2.48. The van der Waals surface area contributed by atoms with Gasteiger partial charge in [0.2, 0.25) is 11.2 Å². The molecule has 3 heterocycles. The van der Waals surface area contributed by atoms with Crippen LogP contribution in [0, 0.1) is 5.92 Å². The Hall–Kier alpha value is -1.66. The van der Waals surface area contributed by atoms with Gasteiger partial charge in [0.15, 0.2) is 0 Å². The van der Waals surface area contributed by atoms with Gasteiger partial charge in [-0.25, -0.2) is 9.97 Å². The molecule has 0 aromatic carbocycles. The molecular formula is C13H13ClN4OS. The van der Waals surface area contributed by atoms with E-state index < -0.39 is 0 Å². The minimum atomic E-state index is -0.00782. The van der Waals surface area contributed by atoms with Crippen molar-refractivity contribution in [2.75, 3.05) is 25.0 Å². The van der Waals surface area contributed by atoms with Crippen molar-refractivity contribution in [3.63, 3.8) is 0 Å². The molecule has 7 heteroatoms. The van der Waals surface area contributed by atoms with Crippen LogP contribution in [0.25, 0.3) is 10.2 Å². The molecule has 1 fully saturated rings. The van der Waals surface area contributed by atoms with Crippen molar-refractivity contribution in [1.29, 1.82) is 0 Å². The minimum absolute atomic E-state index is 0.00782. The number of thiophene rings is 1. The van der Waals surface area contributed by atoms with Crippen molar-refractivity contribution in [2.45, 2.75) is 0 Å². The lowest BCUT2D eigenvalue weighted by atomic mass is 10.00. The Morgan fingerprint density at radius 1 is 1.60 bits per heavy atom. The van der Waals surface area contributed by atoms with Gasteiger partial charge in [-0.1, -0.05) is 6.58 Å². The van der Waals surface area contributed by atoms with Crippen molar-refractivity contribution in [3.05, 3.63) is 29.4 Å². The first-order chi connectivity index (χ1) is 9.67. The number of nitrogens with zero attached hydrogens (tertiary/aromatic N) is 3. The van der Waals surface area contributed by atoms with E-state index in [-0.39, 0.29) is 11.2 Å². The minimum Gasteiger partial charge on any atom is -0.369 e. The zero-order valence-electron chi connectivity index (χ0n) is 10.7. The number of hydrogen-bond donors (Lipinski definition) is 1. The van der Waals surface area contributed by atoms with Crippen molar-refractivity contribution in [1.82, 2.24) is 14.9 Å². The van der Waals surface area contributed by atoms with Gasteiger partial charge >= 0.3 is 0 Å². The Kier molecular flexibility index (Phi) is 3.58. The van der Waals surface area contributed by atoms with Gasteiger partial charge in [-0.2, -0.15) is 0 Å². The first kappa shape index (κ1) is 13.3. The zero-order valence-corrected chi connectivity index (χ0v) is 12.2. The Labute approximate surface area is 125 Å². The molecule has 1 aliphatic rings. The number of hydrogen-bond acceptors (Lipinski definition) is 5. The van der Waals surface area contributed by atoms with Crippen molar-refractivity contribution in [3.8, 4) is 0 Å². The van der Waals surface area contributed by atoms with Crippen molar-refractivity contribution >= 4 is 44.9 Å². The quantitative estimate of drug-likeness (QED) is 0.696. The average molecular weight is 309 g/mol. The normalized spacial score (nSPS) is 15.2. The molecule has 5 nitrogen and oxygen atoms in total. The monoisotopic (exact) mass is 308 g/mol. The van der Waals surface area contributed by atoms with Gasteiger partial charge in [0, 0.05) is 25.6 Å². The summed E-state index contributed by atoms with van der Waals surface area (Å²) in [6, 6.07) is 1.98. The predicted octanol–water partition coefficient (Wildman–Crippen LogP) is 2.40. The van der Waals surface area contributed by atoms with Crippen LogP contribution in [-0.4, -0.2) is 40.4 Å². The van der Waals surface area contributed by atoms with E-state index >= 15 is 0 Å². The number of anilines is 1. The summed E-state index contributed by atoms with van der Waals surface area (Å²) >= 11 is 7.45. The van der Waals surface area contributed by atoms with Crippen LogP contribution >= 0.6 is 22.9 Å². The van der Waals surface area contributed by atoms with Crippen LogP contribution in [0.5, 0.6) is 0 Å². The molecule has 0 aliphatic carbocycles. The van der Waals surface area contributed by atoms with E-state index in [9.17, 15) is 4.79 Å². The van der Waals surface area contributed by atoms with Crippen LogP contribution < -0.4 is 5.32 Å². The average Bonchev–Trinajstić information content (AvgIpc) is 2.84. The lowest BCUT2D eigenvalue weighted by molar-refractivity contribution is -0.131. The number of amides is 1. The molecule has 0 saturated carbocycles. The lowest BCUT2D eigenvalue weighted by Gasteiger charge is -2.38. The maximum atomic E-state index is 11.3. The number of aromatic nitrogens is 2. The van der Waals surface area contributed by atoms with E-state index in [0.29, 0.717) is 5.92 Å². The standard InChI is InChI=1S/C13H13ClN4OS/c1-2-10(19)18-6-8(7-18)5-15-11-9-3-4-20-12(9)17-13(14)16-11/h2-4,8H,1,5-7H2,(H,15,16,17). The summed E-state index contributed by atoms with van der Waals surface area (Å²) in [5.74, 6) is 1.18. The molecule has 104 valence electrons. The fourth-order valence-electron chi connectivity index (χ4n) is 2.21. The summed E-state index contributed by atoms with van der Waals surface area (Å²) in [6.45, 7) is 5.75. The predicted molar refractivity (Wildman–Crippen MR) is 81.2 cm³/mol. The van der Waals surface area contributed by atoms with E-state index in [1.54, 1.807) is 4.90 Å². The summed E-state index contributed by atoms with van der Waals surface area (Å²) in [5, 5.41) is 6.50. The Bertz CT molecular complexity index is 665. The molecule has 1 N–H and O–H groups in total. The van der Waals surface area contributed by atoms with E-state index in [2.05, 4.69) is 21.9 Å². The van der Waals surface area contributed by atoms with Crippen LogP contribution in [0.3, 0.4) is 0 Å². The second kappa shape index (κ2) is 5.38. The lowest BCUT2D eigenvalue weighted by Crippen LogP contribution is -2.51. The van der Waals surface area contributed by atoms with Gasteiger partial charge in [0.1, 0.15) is 10.6 Å². The Balaban J connectivity index is 1.62. The molecule has 1 aliphatic heterocycles. The molecule has 1 amide bonds. The topological polar surface area (TPSA) is 58.1 Å². The highest BCUT2D eigenvalue weighted by molar-refractivity contribution is 7.16. The molecular weight excluding hydrogens is 296 g/mol. The molecule has 0 unspecified atom stereocenters. The van der Waals surface area contributed by atoms with Crippen LogP contribution in [0.15, 0.2) is 24.1 Å². The number of carbonyl (C=O) groups is 1. The first-order valence-corrected chi connectivity index (χ1v) is 7.49. The fraction of sp³-hybridized carbons (Fsp3) is 0.308. The maximum Gasteiger partial charge on any atom is 0.245 e. The van der Waals surface area contributed by atoms with Crippen molar-refractivity contribution in [2.24, 2.45) is 5.92 Å².